The number of hydrogen-bond donors (Lipinski definition) is 2. The Bertz CT molecular complexity index is 1040. The Labute approximate surface area is 156 Å². The number of carbonyl (C=O) groups is 1. The summed E-state index contributed by atoms with van der Waals surface area (Å²) in [4.78, 5) is 11.2. The van der Waals surface area contributed by atoms with Crippen molar-refractivity contribution in [3.8, 4) is 0 Å². The normalized spacial score (nSPS) is 11.7. The van der Waals surface area contributed by atoms with Crippen molar-refractivity contribution in [3.05, 3.63) is 65.3 Å². The first-order valence-corrected chi connectivity index (χ1v) is 9.77. The molecule has 0 fully saturated rings. The van der Waals surface area contributed by atoms with Crippen molar-refractivity contribution < 1.29 is 18.3 Å². The number of nitrogens with one attached hydrogen (secondary N) is 1. The van der Waals surface area contributed by atoms with Gasteiger partial charge in [0, 0.05) is 28.7 Å². The molecule has 3 rings (SSSR count). The van der Waals surface area contributed by atoms with Crippen molar-refractivity contribution in [2.24, 2.45) is 0 Å². The summed E-state index contributed by atoms with van der Waals surface area (Å²) in [6, 6.07) is 13.4. The summed E-state index contributed by atoms with van der Waals surface area (Å²) in [5.41, 5.74) is 1.70. The summed E-state index contributed by atoms with van der Waals surface area (Å²) in [7, 11) is -3.62. The van der Waals surface area contributed by atoms with Crippen LogP contribution in [0.4, 0.5) is 0 Å². The van der Waals surface area contributed by atoms with E-state index in [0.29, 0.717) is 11.4 Å². The van der Waals surface area contributed by atoms with E-state index in [1.165, 1.54) is 24.3 Å². The minimum atomic E-state index is -3.62. The molecule has 0 atom stereocenters. The van der Waals surface area contributed by atoms with Gasteiger partial charge in [0.2, 0.25) is 10.0 Å². The summed E-state index contributed by atoms with van der Waals surface area (Å²) in [5, 5.41) is 10.4. The molecule has 1 aromatic heterocycles. The molecule has 2 aromatic carbocycles. The molecule has 0 aliphatic heterocycles. The highest BCUT2D eigenvalue weighted by Gasteiger charge is 2.15. The van der Waals surface area contributed by atoms with Crippen LogP contribution in [0.25, 0.3) is 10.9 Å². The number of nitrogens with zero attached hydrogens (tertiary/aromatic N) is 1. The first kappa shape index (κ1) is 18.4. The molecule has 1 heterocycles. The van der Waals surface area contributed by atoms with E-state index in [-0.39, 0.29) is 18.0 Å². The van der Waals surface area contributed by atoms with E-state index in [4.69, 9.17) is 16.7 Å². The Kier molecular flexibility index (Phi) is 5.31. The van der Waals surface area contributed by atoms with Crippen LogP contribution in [0.5, 0.6) is 0 Å². The minimum Gasteiger partial charge on any atom is -0.480 e. The van der Waals surface area contributed by atoms with Gasteiger partial charge < -0.3 is 9.67 Å². The molecule has 6 nitrogen and oxygen atoms in total. The highest BCUT2D eigenvalue weighted by Crippen LogP contribution is 2.22. The Balaban J connectivity index is 1.75. The summed E-state index contributed by atoms with van der Waals surface area (Å²) in [5.74, 6) is -0.930. The average Bonchev–Trinajstić information content (AvgIpc) is 2.93. The Morgan fingerprint density at radius 1 is 1.12 bits per heavy atom. The number of carboxylic acid groups (broad SMARTS) is 1. The van der Waals surface area contributed by atoms with Gasteiger partial charge in [0.05, 0.1) is 4.90 Å². The maximum Gasteiger partial charge on any atom is 0.323 e. The molecule has 0 saturated heterocycles. The monoisotopic (exact) mass is 392 g/mol. The van der Waals surface area contributed by atoms with Crippen molar-refractivity contribution in [2.45, 2.75) is 17.9 Å². The molecule has 26 heavy (non-hydrogen) atoms. The van der Waals surface area contributed by atoms with Gasteiger partial charge >= 0.3 is 5.97 Å². The summed E-state index contributed by atoms with van der Waals surface area (Å²) in [6.45, 7) is 0.0586. The largest absolute Gasteiger partial charge is 0.480 e. The van der Waals surface area contributed by atoms with E-state index in [0.717, 1.165) is 16.5 Å². The van der Waals surface area contributed by atoms with Crippen LogP contribution in [0, 0.1) is 0 Å². The van der Waals surface area contributed by atoms with Crippen LogP contribution >= 0.6 is 11.6 Å². The number of carboxylic acids is 1. The van der Waals surface area contributed by atoms with Gasteiger partial charge in [-0.3, -0.25) is 4.79 Å². The van der Waals surface area contributed by atoms with Crippen LogP contribution < -0.4 is 4.72 Å². The van der Waals surface area contributed by atoms with E-state index in [2.05, 4.69) is 4.72 Å². The maximum absolute atomic E-state index is 12.3. The minimum absolute atomic E-state index is 0.142. The second-order valence-corrected chi connectivity index (χ2v) is 8.00. The van der Waals surface area contributed by atoms with Crippen molar-refractivity contribution in [2.75, 3.05) is 6.54 Å². The Hall–Kier alpha value is -2.35. The first-order chi connectivity index (χ1) is 12.4. The molecule has 0 radical (unpaired) electrons. The lowest BCUT2D eigenvalue weighted by atomic mass is 10.1. The number of aliphatic carboxylic acids is 1. The molecular weight excluding hydrogens is 376 g/mol. The highest BCUT2D eigenvalue weighted by molar-refractivity contribution is 7.89. The fraction of sp³-hybridized carbons (Fsp3) is 0.167. The quantitative estimate of drug-likeness (QED) is 0.647. The molecule has 8 heteroatoms. The topological polar surface area (TPSA) is 88.4 Å². The van der Waals surface area contributed by atoms with Gasteiger partial charge in [-0.2, -0.15) is 0 Å². The number of sulfonamides is 1. The number of para-hydroxylation sites is 1. The van der Waals surface area contributed by atoms with Crippen molar-refractivity contribution >= 4 is 38.5 Å². The van der Waals surface area contributed by atoms with E-state index < -0.39 is 16.0 Å². The number of fused-ring (bicyclic) bond motifs is 1. The zero-order chi connectivity index (χ0) is 18.7. The van der Waals surface area contributed by atoms with Crippen molar-refractivity contribution in [1.29, 1.82) is 0 Å². The van der Waals surface area contributed by atoms with Gasteiger partial charge in [0.15, 0.2) is 0 Å². The molecule has 0 aliphatic rings. The first-order valence-electron chi connectivity index (χ1n) is 7.90. The fourth-order valence-corrected chi connectivity index (χ4v) is 3.97. The molecule has 3 aromatic rings. The number of halogens is 1. The van der Waals surface area contributed by atoms with Crippen LogP contribution in [0.2, 0.25) is 5.02 Å². The number of aromatic nitrogens is 1. The number of rotatable bonds is 7. The molecule has 0 saturated carbocycles. The third-order valence-corrected chi connectivity index (χ3v) is 5.72. The standard InChI is InChI=1S/C18H17ClN2O4S/c19-14-5-7-15(8-6-14)26(24,25)20-10-9-13-11-21(12-18(22)23)17-4-2-1-3-16(13)17/h1-8,11,20H,9-10,12H2,(H,22,23). The van der Waals surface area contributed by atoms with Crippen molar-refractivity contribution in [1.82, 2.24) is 9.29 Å². The van der Waals surface area contributed by atoms with Crippen LogP contribution in [0.15, 0.2) is 59.6 Å². The Morgan fingerprint density at radius 3 is 2.50 bits per heavy atom. The SMILES string of the molecule is O=C(O)Cn1cc(CCNS(=O)(=O)c2ccc(Cl)cc2)c2ccccc21. The summed E-state index contributed by atoms with van der Waals surface area (Å²) < 4.78 is 28.8. The number of benzene rings is 2. The second-order valence-electron chi connectivity index (χ2n) is 5.79. The van der Waals surface area contributed by atoms with Crippen LogP contribution in [-0.4, -0.2) is 30.6 Å². The smallest absolute Gasteiger partial charge is 0.323 e. The van der Waals surface area contributed by atoms with E-state index in [1.54, 1.807) is 10.8 Å². The zero-order valence-electron chi connectivity index (χ0n) is 13.7. The zero-order valence-corrected chi connectivity index (χ0v) is 15.3. The van der Waals surface area contributed by atoms with Crippen molar-refractivity contribution in [3.63, 3.8) is 0 Å². The fourth-order valence-electron chi connectivity index (χ4n) is 2.82. The lowest BCUT2D eigenvalue weighted by Gasteiger charge is -2.06. The van der Waals surface area contributed by atoms with Gasteiger partial charge in [0.1, 0.15) is 6.54 Å². The number of hydrogen-bond acceptors (Lipinski definition) is 3. The highest BCUT2D eigenvalue weighted by atomic mass is 35.5. The predicted octanol–water partition coefficient (Wildman–Crippen LogP) is 2.90. The summed E-state index contributed by atoms with van der Waals surface area (Å²) >= 11 is 5.78. The maximum atomic E-state index is 12.3. The molecule has 0 unspecified atom stereocenters. The lowest BCUT2D eigenvalue weighted by Crippen LogP contribution is -2.25. The molecule has 0 bridgehead atoms. The molecule has 0 amide bonds. The average molecular weight is 393 g/mol. The molecule has 136 valence electrons. The Morgan fingerprint density at radius 2 is 1.81 bits per heavy atom. The predicted molar refractivity (Wildman–Crippen MR) is 99.9 cm³/mol. The van der Waals surface area contributed by atoms with E-state index >= 15 is 0 Å². The lowest BCUT2D eigenvalue weighted by molar-refractivity contribution is -0.137. The molecule has 0 spiro atoms. The van der Waals surface area contributed by atoms with E-state index in [9.17, 15) is 13.2 Å². The van der Waals surface area contributed by atoms with Gasteiger partial charge in [-0.05, 0) is 42.3 Å². The summed E-state index contributed by atoms with van der Waals surface area (Å²) in [6.07, 6.45) is 2.20. The third-order valence-electron chi connectivity index (χ3n) is 3.99. The van der Waals surface area contributed by atoms with Gasteiger partial charge in [0.25, 0.3) is 0 Å². The second kappa shape index (κ2) is 7.49. The van der Waals surface area contributed by atoms with Crippen LogP contribution in [-0.2, 0) is 27.8 Å². The molecule has 0 aliphatic carbocycles. The van der Waals surface area contributed by atoms with Gasteiger partial charge in [-0.25, -0.2) is 13.1 Å². The molecular formula is C18H17ClN2O4S. The van der Waals surface area contributed by atoms with E-state index in [1.807, 2.05) is 24.3 Å². The van der Waals surface area contributed by atoms with Crippen LogP contribution in [0.3, 0.4) is 0 Å². The van der Waals surface area contributed by atoms with Gasteiger partial charge in [-0.15, -0.1) is 0 Å². The van der Waals surface area contributed by atoms with Crippen LogP contribution in [0.1, 0.15) is 5.56 Å². The third kappa shape index (κ3) is 4.07. The van der Waals surface area contributed by atoms with Gasteiger partial charge in [-0.1, -0.05) is 29.8 Å². The molecule has 2 N–H and O–H groups in total.